The van der Waals surface area contributed by atoms with E-state index in [1.54, 1.807) is 0 Å². The van der Waals surface area contributed by atoms with Crippen LogP contribution >= 0.6 is 0 Å². The van der Waals surface area contributed by atoms with E-state index in [4.69, 9.17) is 5.10 Å². The Hall–Kier alpha value is -1.12. The van der Waals surface area contributed by atoms with Gasteiger partial charge in [-0.2, -0.15) is 5.10 Å². The third kappa shape index (κ3) is 4.63. The molecule has 0 aliphatic carbocycles. The topological polar surface area (TPSA) is 28.0 Å². The van der Waals surface area contributed by atoms with Gasteiger partial charge in [0.2, 0.25) is 0 Å². The van der Waals surface area contributed by atoms with Crippen molar-refractivity contribution in [2.75, 3.05) is 6.54 Å². The van der Waals surface area contributed by atoms with Crippen LogP contribution in [0.1, 0.15) is 54.9 Å². The minimum atomic E-state index is 0.376. The highest BCUT2D eigenvalue weighted by atomic mass is 15.5. The first-order valence-electron chi connectivity index (χ1n) is 6.91. The lowest BCUT2D eigenvalue weighted by Gasteiger charge is -2.25. The second-order valence-electron chi connectivity index (χ2n) is 5.11. The fraction of sp³-hybridized carbons (Fsp3) is 0.733. The van der Waals surface area contributed by atoms with Crippen molar-refractivity contribution in [3.8, 4) is 0 Å². The van der Waals surface area contributed by atoms with E-state index in [1.807, 2.05) is 0 Å². The quantitative estimate of drug-likeness (QED) is 0.489. The zero-order chi connectivity index (χ0) is 14.3. The van der Waals surface area contributed by atoms with Gasteiger partial charge in [-0.1, -0.05) is 34.6 Å². The monoisotopic (exact) mass is 251 g/mol. The summed E-state index contributed by atoms with van der Waals surface area (Å²) in [6, 6.07) is 0. The van der Waals surface area contributed by atoms with Crippen LogP contribution in [-0.2, 0) is 0 Å². The molecule has 0 aliphatic heterocycles. The molecule has 0 aliphatic rings. The van der Waals surface area contributed by atoms with Gasteiger partial charge in [-0.15, -0.1) is 0 Å². The van der Waals surface area contributed by atoms with E-state index in [9.17, 15) is 0 Å². The number of nitrogens with zero attached hydrogens (tertiary/aromatic N) is 3. The number of hydrogen-bond donors (Lipinski definition) is 0. The van der Waals surface area contributed by atoms with Crippen molar-refractivity contribution in [3.63, 3.8) is 0 Å². The molecule has 3 heteroatoms. The van der Waals surface area contributed by atoms with Gasteiger partial charge in [0.1, 0.15) is 0 Å². The average Bonchev–Trinajstić information content (AvgIpc) is 2.32. The minimum absolute atomic E-state index is 0.376. The van der Waals surface area contributed by atoms with Crippen LogP contribution in [0.15, 0.2) is 21.5 Å². The third-order valence-corrected chi connectivity index (χ3v) is 3.07. The normalized spacial score (nSPS) is 13.9. The average molecular weight is 251 g/mol. The van der Waals surface area contributed by atoms with E-state index in [-0.39, 0.29) is 0 Å². The van der Waals surface area contributed by atoms with E-state index >= 15 is 0 Å². The number of hydrogen-bond acceptors (Lipinski definition) is 3. The Morgan fingerprint density at radius 2 is 1.67 bits per heavy atom. The van der Waals surface area contributed by atoms with Gasteiger partial charge in [0.25, 0.3) is 0 Å². The van der Waals surface area contributed by atoms with Gasteiger partial charge >= 0.3 is 0 Å². The summed E-state index contributed by atoms with van der Waals surface area (Å²) >= 11 is 0. The second kappa shape index (κ2) is 8.06. The van der Waals surface area contributed by atoms with E-state index < -0.39 is 0 Å². The van der Waals surface area contributed by atoms with Crippen molar-refractivity contribution in [1.29, 1.82) is 0 Å². The first kappa shape index (κ1) is 16.9. The summed E-state index contributed by atoms with van der Waals surface area (Å²) in [5.41, 5.74) is 3.39. The summed E-state index contributed by atoms with van der Waals surface area (Å²) in [6.45, 7) is 19.5. The SMILES string of the molecule is C=N/C(=C(/CC)N(CC)/N=C(\C)C(C)C)C(C)C. The Morgan fingerprint density at radius 1 is 1.11 bits per heavy atom. The van der Waals surface area contributed by atoms with Crippen LogP contribution in [0.3, 0.4) is 0 Å². The van der Waals surface area contributed by atoms with Crippen molar-refractivity contribution in [1.82, 2.24) is 5.01 Å². The predicted molar refractivity (Wildman–Crippen MR) is 82.0 cm³/mol. The molecule has 0 aromatic heterocycles. The Kier molecular flexibility index (Phi) is 7.56. The first-order valence-corrected chi connectivity index (χ1v) is 6.91. The molecule has 0 atom stereocenters. The molecule has 0 unspecified atom stereocenters. The van der Waals surface area contributed by atoms with Crippen LogP contribution in [0.25, 0.3) is 0 Å². The zero-order valence-electron chi connectivity index (χ0n) is 13.1. The van der Waals surface area contributed by atoms with Crippen LogP contribution in [-0.4, -0.2) is 24.0 Å². The predicted octanol–water partition coefficient (Wildman–Crippen LogP) is 4.32. The molecule has 0 fully saturated rings. The van der Waals surface area contributed by atoms with Crippen molar-refractivity contribution in [2.24, 2.45) is 21.9 Å². The van der Waals surface area contributed by atoms with E-state index in [0.717, 1.165) is 24.4 Å². The lowest BCUT2D eigenvalue weighted by atomic mass is 10.1. The van der Waals surface area contributed by atoms with Crippen LogP contribution in [0, 0.1) is 11.8 Å². The second-order valence-corrected chi connectivity index (χ2v) is 5.11. The number of hydrazone groups is 1. The van der Waals surface area contributed by atoms with E-state index in [2.05, 4.69) is 65.2 Å². The molecule has 3 nitrogen and oxygen atoms in total. The third-order valence-electron chi connectivity index (χ3n) is 3.07. The van der Waals surface area contributed by atoms with Crippen molar-refractivity contribution >= 4 is 12.4 Å². The summed E-state index contributed by atoms with van der Waals surface area (Å²) in [6.07, 6.45) is 0.926. The van der Waals surface area contributed by atoms with E-state index in [1.165, 1.54) is 5.70 Å². The standard InChI is InChI=1S/C15H29N3/c1-9-14(15(16-8)12(5)6)18(10-2)17-13(7)11(3)4/h11-12H,8-10H2,1-7H3/b15-14-,17-13+. The van der Waals surface area contributed by atoms with E-state index in [0.29, 0.717) is 11.8 Å². The fourth-order valence-corrected chi connectivity index (χ4v) is 1.73. The highest BCUT2D eigenvalue weighted by Gasteiger charge is 2.14. The lowest BCUT2D eigenvalue weighted by Crippen LogP contribution is -2.21. The number of rotatable bonds is 7. The van der Waals surface area contributed by atoms with Gasteiger partial charge in [-0.3, -0.25) is 10.0 Å². The molecular weight excluding hydrogens is 222 g/mol. The Labute approximate surface area is 113 Å². The Balaban J connectivity index is 5.48. The Bertz CT molecular complexity index is 325. The van der Waals surface area contributed by atoms with Crippen LogP contribution in [0.4, 0.5) is 0 Å². The van der Waals surface area contributed by atoms with Crippen LogP contribution in [0.5, 0.6) is 0 Å². The molecule has 0 aromatic rings. The largest absolute Gasteiger partial charge is 0.268 e. The molecule has 0 rings (SSSR count). The molecule has 0 bridgehead atoms. The molecule has 18 heavy (non-hydrogen) atoms. The number of allylic oxidation sites excluding steroid dienone is 2. The van der Waals surface area contributed by atoms with Crippen molar-refractivity contribution in [3.05, 3.63) is 11.4 Å². The van der Waals surface area contributed by atoms with Gasteiger partial charge in [-0.05, 0) is 38.8 Å². The van der Waals surface area contributed by atoms with Crippen LogP contribution < -0.4 is 0 Å². The molecule has 0 saturated carbocycles. The molecule has 0 heterocycles. The van der Waals surface area contributed by atoms with Crippen LogP contribution in [0.2, 0.25) is 0 Å². The maximum atomic E-state index is 4.72. The Morgan fingerprint density at radius 3 is 1.94 bits per heavy atom. The van der Waals surface area contributed by atoms with Gasteiger partial charge in [0.05, 0.1) is 11.4 Å². The summed E-state index contributed by atoms with van der Waals surface area (Å²) in [7, 11) is 0. The van der Waals surface area contributed by atoms with Crippen molar-refractivity contribution in [2.45, 2.75) is 54.9 Å². The summed E-state index contributed by atoms with van der Waals surface area (Å²) in [4.78, 5) is 4.20. The maximum absolute atomic E-state index is 4.72. The van der Waals surface area contributed by atoms with Gasteiger partial charge < -0.3 is 0 Å². The number of aliphatic imine (C=N–C) groups is 1. The minimum Gasteiger partial charge on any atom is -0.268 e. The van der Waals surface area contributed by atoms with Gasteiger partial charge in [0, 0.05) is 12.3 Å². The molecule has 0 aromatic carbocycles. The van der Waals surface area contributed by atoms with Gasteiger partial charge in [0.15, 0.2) is 0 Å². The maximum Gasteiger partial charge on any atom is 0.0632 e. The van der Waals surface area contributed by atoms with Crippen molar-refractivity contribution < 1.29 is 0 Å². The molecule has 0 amide bonds. The highest BCUT2D eigenvalue weighted by Crippen LogP contribution is 2.22. The fourth-order valence-electron chi connectivity index (χ4n) is 1.73. The molecule has 0 radical (unpaired) electrons. The molecular formula is C15H29N3. The molecule has 0 saturated heterocycles. The summed E-state index contributed by atoms with van der Waals surface area (Å²) < 4.78 is 0. The first-order chi connectivity index (χ1) is 8.38. The summed E-state index contributed by atoms with van der Waals surface area (Å²) in [5, 5.41) is 6.79. The smallest absolute Gasteiger partial charge is 0.0632 e. The lowest BCUT2D eigenvalue weighted by molar-refractivity contribution is 0.360. The molecule has 104 valence electrons. The summed E-state index contributed by atoms with van der Waals surface area (Å²) in [5.74, 6) is 0.845. The molecule has 0 N–H and O–H groups in total. The molecule has 0 spiro atoms. The van der Waals surface area contributed by atoms with Gasteiger partial charge in [-0.25, -0.2) is 0 Å². The zero-order valence-corrected chi connectivity index (χ0v) is 13.1. The highest BCUT2D eigenvalue weighted by molar-refractivity contribution is 5.83.